The van der Waals surface area contributed by atoms with Gasteiger partial charge in [-0.1, -0.05) is 6.92 Å². The average molecular weight is 204 g/mol. The predicted molar refractivity (Wildman–Crippen MR) is 58.1 cm³/mol. The molecule has 1 fully saturated rings. The first-order chi connectivity index (χ1) is 5.84. The van der Waals surface area contributed by atoms with Crippen molar-refractivity contribution >= 4 is 29.3 Å². The second-order valence-electron chi connectivity index (χ2n) is 3.02. The van der Waals surface area contributed by atoms with Gasteiger partial charge in [0.1, 0.15) is 5.78 Å². The Hall–Kier alpha value is 0.370. The molecule has 0 amide bonds. The largest absolute Gasteiger partial charge is 0.298 e. The molecular formula is C9H16OS2. The van der Waals surface area contributed by atoms with Gasteiger partial charge in [0.2, 0.25) is 0 Å². The van der Waals surface area contributed by atoms with Gasteiger partial charge in [0, 0.05) is 11.7 Å². The smallest absolute Gasteiger partial charge is 0.146 e. The molecule has 0 spiro atoms. The second-order valence-corrected chi connectivity index (χ2v) is 5.44. The van der Waals surface area contributed by atoms with E-state index < -0.39 is 0 Å². The second kappa shape index (κ2) is 5.92. The van der Waals surface area contributed by atoms with Gasteiger partial charge in [0.05, 0.1) is 5.75 Å². The Bertz CT molecular complexity index is 147. The van der Waals surface area contributed by atoms with Crippen molar-refractivity contribution in [3.8, 4) is 0 Å². The lowest BCUT2D eigenvalue weighted by Crippen LogP contribution is -2.10. The molecule has 12 heavy (non-hydrogen) atoms. The highest BCUT2D eigenvalue weighted by Gasteiger charge is 2.23. The minimum atomic E-state index is 0.396. The van der Waals surface area contributed by atoms with Crippen LogP contribution >= 0.6 is 23.5 Å². The Kier molecular flexibility index (Phi) is 5.16. The van der Waals surface area contributed by atoms with Crippen LogP contribution < -0.4 is 0 Å². The van der Waals surface area contributed by atoms with Crippen LogP contribution in [0.1, 0.15) is 19.8 Å². The summed E-state index contributed by atoms with van der Waals surface area (Å²) in [5, 5.41) is 0. The van der Waals surface area contributed by atoms with Crippen molar-refractivity contribution in [1.29, 1.82) is 0 Å². The van der Waals surface area contributed by atoms with E-state index in [1.807, 2.05) is 11.8 Å². The lowest BCUT2D eigenvalue weighted by molar-refractivity contribution is -0.119. The third-order valence-corrected chi connectivity index (χ3v) is 4.18. The Morgan fingerprint density at radius 3 is 3.08 bits per heavy atom. The lowest BCUT2D eigenvalue weighted by Gasteiger charge is -2.05. The molecule has 0 radical (unpaired) electrons. The van der Waals surface area contributed by atoms with E-state index in [4.69, 9.17) is 0 Å². The van der Waals surface area contributed by atoms with Crippen molar-refractivity contribution < 1.29 is 4.79 Å². The minimum Gasteiger partial charge on any atom is -0.298 e. The van der Waals surface area contributed by atoms with E-state index in [0.29, 0.717) is 11.7 Å². The number of carbonyl (C=O) groups is 1. The first-order valence-electron chi connectivity index (χ1n) is 4.52. The molecule has 1 heterocycles. The Labute approximate surface area is 83.1 Å². The average Bonchev–Trinajstić information content (AvgIpc) is 2.46. The van der Waals surface area contributed by atoms with Crippen LogP contribution in [0.2, 0.25) is 0 Å². The summed E-state index contributed by atoms with van der Waals surface area (Å²) in [5.74, 6) is 5.16. The molecule has 1 atom stereocenters. The molecule has 1 unspecified atom stereocenters. The van der Waals surface area contributed by atoms with Crippen LogP contribution in [0.15, 0.2) is 0 Å². The van der Waals surface area contributed by atoms with E-state index in [2.05, 4.69) is 6.92 Å². The quantitative estimate of drug-likeness (QED) is 0.640. The zero-order valence-electron chi connectivity index (χ0n) is 7.54. The summed E-state index contributed by atoms with van der Waals surface area (Å²) < 4.78 is 0. The molecule has 1 rings (SSSR count). The highest BCUT2D eigenvalue weighted by Crippen LogP contribution is 2.24. The summed E-state index contributed by atoms with van der Waals surface area (Å²) in [4.78, 5) is 11.2. The summed E-state index contributed by atoms with van der Waals surface area (Å²) in [7, 11) is 0. The van der Waals surface area contributed by atoms with Crippen LogP contribution in [0.3, 0.4) is 0 Å². The van der Waals surface area contributed by atoms with Crippen molar-refractivity contribution in [1.82, 2.24) is 0 Å². The SMILES string of the molecule is CCSCCCC1CSCC1=O. The van der Waals surface area contributed by atoms with Gasteiger partial charge < -0.3 is 0 Å². The summed E-state index contributed by atoms with van der Waals surface area (Å²) in [5.41, 5.74) is 0. The van der Waals surface area contributed by atoms with Crippen LogP contribution in [-0.4, -0.2) is 28.8 Å². The van der Waals surface area contributed by atoms with E-state index in [1.54, 1.807) is 11.8 Å². The highest BCUT2D eigenvalue weighted by atomic mass is 32.2. The molecule has 0 aromatic heterocycles. The van der Waals surface area contributed by atoms with Crippen molar-refractivity contribution in [2.24, 2.45) is 5.92 Å². The van der Waals surface area contributed by atoms with Gasteiger partial charge in [-0.05, 0) is 24.3 Å². The van der Waals surface area contributed by atoms with Crippen LogP contribution in [0.5, 0.6) is 0 Å². The number of ketones is 1. The Balaban J connectivity index is 2.02. The maximum atomic E-state index is 11.2. The number of rotatable bonds is 5. The molecule has 70 valence electrons. The fourth-order valence-electron chi connectivity index (χ4n) is 1.33. The number of hydrogen-bond acceptors (Lipinski definition) is 3. The molecule has 1 nitrogen and oxygen atoms in total. The molecule has 3 heteroatoms. The fraction of sp³-hybridized carbons (Fsp3) is 0.889. The van der Waals surface area contributed by atoms with Crippen molar-refractivity contribution in [3.63, 3.8) is 0 Å². The van der Waals surface area contributed by atoms with Gasteiger partial charge in [-0.2, -0.15) is 23.5 Å². The fourth-order valence-corrected chi connectivity index (χ4v) is 3.18. The minimum absolute atomic E-state index is 0.396. The highest BCUT2D eigenvalue weighted by molar-refractivity contribution is 8.00. The summed E-state index contributed by atoms with van der Waals surface area (Å²) in [6.07, 6.45) is 2.34. The third-order valence-electron chi connectivity index (χ3n) is 2.06. The number of carbonyl (C=O) groups excluding carboxylic acids is 1. The summed E-state index contributed by atoms with van der Waals surface area (Å²) in [6, 6.07) is 0. The van der Waals surface area contributed by atoms with Crippen molar-refractivity contribution in [3.05, 3.63) is 0 Å². The monoisotopic (exact) mass is 204 g/mol. The van der Waals surface area contributed by atoms with Crippen LogP contribution in [0, 0.1) is 5.92 Å². The Morgan fingerprint density at radius 1 is 1.67 bits per heavy atom. The standard InChI is InChI=1S/C9H16OS2/c1-2-11-5-3-4-8-6-12-7-9(8)10/h8H,2-7H2,1H3. The molecule has 0 aromatic carbocycles. The van der Waals surface area contributed by atoms with Crippen LogP contribution in [0.25, 0.3) is 0 Å². The first kappa shape index (κ1) is 10.5. The topological polar surface area (TPSA) is 17.1 Å². The molecule has 0 saturated carbocycles. The molecule has 0 aromatic rings. The van der Waals surface area contributed by atoms with E-state index in [-0.39, 0.29) is 0 Å². The third kappa shape index (κ3) is 3.40. The van der Waals surface area contributed by atoms with Crippen molar-refractivity contribution in [2.45, 2.75) is 19.8 Å². The first-order valence-corrected chi connectivity index (χ1v) is 6.83. The van der Waals surface area contributed by atoms with Crippen molar-refractivity contribution in [2.75, 3.05) is 23.0 Å². The molecule has 1 saturated heterocycles. The maximum absolute atomic E-state index is 11.2. The van der Waals surface area contributed by atoms with Gasteiger partial charge in [-0.25, -0.2) is 0 Å². The molecule has 0 aliphatic carbocycles. The van der Waals surface area contributed by atoms with Crippen LogP contribution in [0.4, 0.5) is 0 Å². The van der Waals surface area contributed by atoms with Gasteiger partial charge >= 0.3 is 0 Å². The predicted octanol–water partition coefficient (Wildman–Crippen LogP) is 2.45. The molecule has 1 aliphatic heterocycles. The van der Waals surface area contributed by atoms with E-state index in [1.165, 1.54) is 17.9 Å². The summed E-state index contributed by atoms with van der Waals surface area (Å²) >= 11 is 3.77. The van der Waals surface area contributed by atoms with E-state index in [0.717, 1.165) is 17.9 Å². The zero-order valence-corrected chi connectivity index (χ0v) is 9.18. The lowest BCUT2D eigenvalue weighted by atomic mass is 10.0. The van der Waals surface area contributed by atoms with E-state index >= 15 is 0 Å². The van der Waals surface area contributed by atoms with E-state index in [9.17, 15) is 4.79 Å². The van der Waals surface area contributed by atoms with Gasteiger partial charge in [-0.15, -0.1) is 0 Å². The molecule has 1 aliphatic rings. The molecule has 0 N–H and O–H groups in total. The molecule has 0 bridgehead atoms. The van der Waals surface area contributed by atoms with Gasteiger partial charge in [-0.3, -0.25) is 4.79 Å². The normalized spacial score (nSPS) is 23.4. The zero-order chi connectivity index (χ0) is 8.81. The number of Topliss-reactive ketones (excluding diaryl/α,β-unsaturated/α-hetero) is 1. The maximum Gasteiger partial charge on any atom is 0.146 e. The van der Waals surface area contributed by atoms with Gasteiger partial charge in [0.25, 0.3) is 0 Å². The number of thioether (sulfide) groups is 2. The number of hydrogen-bond donors (Lipinski definition) is 0. The Morgan fingerprint density at radius 2 is 2.50 bits per heavy atom. The molecular weight excluding hydrogens is 188 g/mol. The summed E-state index contributed by atoms with van der Waals surface area (Å²) in [6.45, 7) is 2.18. The van der Waals surface area contributed by atoms with Crippen LogP contribution in [-0.2, 0) is 4.79 Å². The van der Waals surface area contributed by atoms with Gasteiger partial charge in [0.15, 0.2) is 0 Å².